The number of halogens is 1. The number of fused-ring (bicyclic) bond motifs is 1. The number of benzene rings is 1. The van der Waals surface area contributed by atoms with E-state index in [-0.39, 0.29) is 6.04 Å². The number of hydrogen-bond donors (Lipinski definition) is 0. The smallest absolute Gasteiger partial charge is 0.125 e. The van der Waals surface area contributed by atoms with Gasteiger partial charge in [-0.25, -0.2) is 9.97 Å². The average molecular weight is 317 g/mol. The molecule has 4 nitrogen and oxygen atoms in total. The van der Waals surface area contributed by atoms with Gasteiger partial charge in [0.2, 0.25) is 0 Å². The minimum atomic E-state index is 0.0383. The molecule has 2 heterocycles. The summed E-state index contributed by atoms with van der Waals surface area (Å²) in [4.78, 5) is 10.2. The summed E-state index contributed by atoms with van der Waals surface area (Å²) in [5.41, 5.74) is 2.39. The van der Waals surface area contributed by atoms with E-state index >= 15 is 0 Å². The van der Waals surface area contributed by atoms with Crippen LogP contribution < -0.4 is 0 Å². The van der Waals surface area contributed by atoms with E-state index in [9.17, 15) is 0 Å². The van der Waals surface area contributed by atoms with Gasteiger partial charge in [0.05, 0.1) is 34.6 Å². The van der Waals surface area contributed by atoms with E-state index in [1.165, 1.54) is 4.88 Å². The topological polar surface area (TPSA) is 54.5 Å². The molecule has 0 fully saturated rings. The molecule has 6 heteroatoms. The Morgan fingerprint density at radius 2 is 2.29 bits per heavy atom. The van der Waals surface area contributed by atoms with Gasteiger partial charge in [0.15, 0.2) is 0 Å². The minimum absolute atomic E-state index is 0.0383. The molecule has 21 heavy (non-hydrogen) atoms. The average Bonchev–Trinajstić information content (AvgIpc) is 3.08. The van der Waals surface area contributed by atoms with Gasteiger partial charge in [-0.3, -0.25) is 0 Å². The van der Waals surface area contributed by atoms with Crippen LogP contribution in [0.4, 0.5) is 0 Å². The fourth-order valence-electron chi connectivity index (χ4n) is 2.41. The Kier molecular flexibility index (Phi) is 3.66. The van der Waals surface area contributed by atoms with E-state index in [4.69, 9.17) is 16.9 Å². The first-order chi connectivity index (χ1) is 10.1. The molecule has 0 amide bonds. The molecule has 0 N–H and O–H groups in total. The Morgan fingerprint density at radius 1 is 1.48 bits per heavy atom. The number of nitriles is 1. The van der Waals surface area contributed by atoms with Crippen LogP contribution in [0.2, 0.25) is 0 Å². The lowest BCUT2D eigenvalue weighted by Crippen LogP contribution is -2.09. The molecule has 0 spiro atoms. The van der Waals surface area contributed by atoms with Gasteiger partial charge in [-0.15, -0.1) is 22.9 Å². The van der Waals surface area contributed by atoms with Crippen molar-refractivity contribution in [1.82, 2.24) is 14.5 Å². The van der Waals surface area contributed by atoms with Gasteiger partial charge in [-0.05, 0) is 32.0 Å². The largest absolute Gasteiger partial charge is 0.317 e. The van der Waals surface area contributed by atoms with E-state index in [0.717, 1.165) is 21.9 Å². The van der Waals surface area contributed by atoms with Gasteiger partial charge in [0.25, 0.3) is 0 Å². The Hall–Kier alpha value is -1.90. The number of rotatable bonds is 3. The minimum Gasteiger partial charge on any atom is -0.317 e. The summed E-state index contributed by atoms with van der Waals surface area (Å²) in [5, 5.41) is 10.1. The second-order valence-corrected chi connectivity index (χ2v) is 6.37. The van der Waals surface area contributed by atoms with Crippen molar-refractivity contribution in [2.24, 2.45) is 0 Å². The van der Waals surface area contributed by atoms with Gasteiger partial charge in [0, 0.05) is 11.1 Å². The van der Waals surface area contributed by atoms with Gasteiger partial charge < -0.3 is 4.57 Å². The zero-order valence-corrected chi connectivity index (χ0v) is 13.2. The summed E-state index contributed by atoms with van der Waals surface area (Å²) in [5.74, 6) is 1.12. The number of nitrogens with zero attached hydrogens (tertiary/aromatic N) is 4. The summed E-state index contributed by atoms with van der Waals surface area (Å²) >= 11 is 7.71. The molecule has 106 valence electrons. The SMILES string of the molecule is Cc1cnc(C(C)n2c(CCl)nc3ccc(C#N)cc32)s1. The van der Waals surface area contributed by atoms with Gasteiger partial charge in [-0.2, -0.15) is 5.26 Å². The normalized spacial score (nSPS) is 12.5. The summed E-state index contributed by atoms with van der Waals surface area (Å²) in [6, 6.07) is 7.70. The van der Waals surface area contributed by atoms with Crippen molar-refractivity contribution in [3.63, 3.8) is 0 Å². The Balaban J connectivity index is 2.21. The summed E-state index contributed by atoms with van der Waals surface area (Å²) in [6.45, 7) is 4.12. The molecular weight excluding hydrogens is 304 g/mol. The van der Waals surface area contributed by atoms with Crippen LogP contribution in [0.3, 0.4) is 0 Å². The molecule has 1 atom stereocenters. The molecule has 0 saturated heterocycles. The molecule has 3 aromatic rings. The number of hydrogen-bond acceptors (Lipinski definition) is 4. The van der Waals surface area contributed by atoms with Crippen LogP contribution in [0.5, 0.6) is 0 Å². The lowest BCUT2D eigenvalue weighted by molar-refractivity contribution is 0.630. The first-order valence-corrected chi connectivity index (χ1v) is 7.88. The number of imidazole rings is 1. The van der Waals surface area contributed by atoms with Crippen LogP contribution in [-0.2, 0) is 5.88 Å². The lowest BCUT2D eigenvalue weighted by atomic mass is 10.2. The number of alkyl halides is 1. The summed E-state index contributed by atoms with van der Waals surface area (Å²) in [6.07, 6.45) is 1.87. The van der Waals surface area contributed by atoms with E-state index < -0.39 is 0 Å². The third-order valence-electron chi connectivity index (χ3n) is 3.39. The van der Waals surface area contributed by atoms with Crippen molar-refractivity contribution in [2.45, 2.75) is 25.8 Å². The van der Waals surface area contributed by atoms with Crippen LogP contribution in [0.1, 0.15) is 34.2 Å². The van der Waals surface area contributed by atoms with E-state index in [0.29, 0.717) is 11.4 Å². The maximum absolute atomic E-state index is 9.09. The molecule has 0 saturated carbocycles. The van der Waals surface area contributed by atoms with E-state index in [1.54, 1.807) is 17.4 Å². The van der Waals surface area contributed by atoms with Gasteiger partial charge in [-0.1, -0.05) is 0 Å². The molecular formula is C15H13ClN4S. The quantitative estimate of drug-likeness (QED) is 0.686. The zero-order valence-electron chi connectivity index (χ0n) is 11.7. The fraction of sp³-hybridized carbons (Fsp3) is 0.267. The van der Waals surface area contributed by atoms with Crippen molar-refractivity contribution in [2.75, 3.05) is 0 Å². The predicted molar refractivity (Wildman–Crippen MR) is 84.7 cm³/mol. The zero-order chi connectivity index (χ0) is 15.0. The van der Waals surface area contributed by atoms with Gasteiger partial charge in [0.1, 0.15) is 10.8 Å². The molecule has 0 aliphatic carbocycles. The van der Waals surface area contributed by atoms with Crippen LogP contribution in [0.25, 0.3) is 11.0 Å². The second kappa shape index (κ2) is 5.47. The van der Waals surface area contributed by atoms with Crippen LogP contribution in [0, 0.1) is 18.3 Å². The van der Waals surface area contributed by atoms with Gasteiger partial charge >= 0.3 is 0 Å². The molecule has 0 aliphatic heterocycles. The fourth-order valence-corrected chi connectivity index (χ4v) is 3.42. The standard InChI is InChI=1S/C15H13ClN4S/c1-9-8-18-15(21-9)10(2)20-13-5-11(7-17)3-4-12(13)19-14(20)6-16/h3-5,8,10H,6H2,1-2H3. The Bertz CT molecular complexity index is 843. The number of aromatic nitrogens is 3. The molecule has 1 unspecified atom stereocenters. The Morgan fingerprint density at radius 3 is 2.90 bits per heavy atom. The maximum Gasteiger partial charge on any atom is 0.125 e. The van der Waals surface area contributed by atoms with Crippen LogP contribution >= 0.6 is 22.9 Å². The molecule has 0 radical (unpaired) electrons. The molecule has 2 aromatic heterocycles. The maximum atomic E-state index is 9.09. The van der Waals surface area contributed by atoms with Crippen molar-refractivity contribution in [3.05, 3.63) is 45.7 Å². The summed E-state index contributed by atoms with van der Waals surface area (Å²) in [7, 11) is 0. The number of aryl methyl sites for hydroxylation is 1. The molecule has 0 aliphatic rings. The highest BCUT2D eigenvalue weighted by Crippen LogP contribution is 2.29. The van der Waals surface area contributed by atoms with Crippen molar-refractivity contribution < 1.29 is 0 Å². The molecule has 1 aromatic carbocycles. The number of thiazole rings is 1. The molecule has 0 bridgehead atoms. The highest BCUT2D eigenvalue weighted by molar-refractivity contribution is 7.11. The second-order valence-electron chi connectivity index (χ2n) is 4.83. The van der Waals surface area contributed by atoms with Crippen molar-refractivity contribution in [1.29, 1.82) is 5.26 Å². The monoisotopic (exact) mass is 316 g/mol. The van der Waals surface area contributed by atoms with Crippen molar-refractivity contribution >= 4 is 34.0 Å². The van der Waals surface area contributed by atoms with Crippen molar-refractivity contribution in [3.8, 4) is 6.07 Å². The third-order valence-corrected chi connectivity index (χ3v) is 4.72. The predicted octanol–water partition coefficient (Wildman–Crippen LogP) is 4.02. The lowest BCUT2D eigenvalue weighted by Gasteiger charge is -2.14. The van der Waals surface area contributed by atoms with E-state index in [1.807, 2.05) is 25.3 Å². The van der Waals surface area contributed by atoms with Crippen LogP contribution in [0.15, 0.2) is 24.4 Å². The first-order valence-electron chi connectivity index (χ1n) is 6.53. The first kappa shape index (κ1) is 14.1. The Labute approximate surface area is 131 Å². The van der Waals surface area contributed by atoms with E-state index in [2.05, 4.69) is 27.5 Å². The third kappa shape index (κ3) is 2.41. The highest BCUT2D eigenvalue weighted by atomic mass is 35.5. The van der Waals surface area contributed by atoms with Crippen LogP contribution in [-0.4, -0.2) is 14.5 Å². The molecule has 3 rings (SSSR count). The summed E-state index contributed by atoms with van der Waals surface area (Å²) < 4.78 is 2.07. The highest BCUT2D eigenvalue weighted by Gasteiger charge is 2.19.